The summed E-state index contributed by atoms with van der Waals surface area (Å²) in [6.45, 7) is 6.49. The highest BCUT2D eigenvalue weighted by atomic mass is 19.4. The number of benzene rings is 1. The van der Waals surface area contributed by atoms with Crippen molar-refractivity contribution in [1.82, 2.24) is 5.32 Å². The topological polar surface area (TPSA) is 94.1 Å². The number of para-hydroxylation sites is 1. The number of carboxylic acids is 1. The fourth-order valence-electron chi connectivity index (χ4n) is 6.41. The quantitative estimate of drug-likeness (QED) is 0.477. The van der Waals surface area contributed by atoms with E-state index < -0.39 is 43.1 Å². The molecule has 2 bridgehead atoms. The van der Waals surface area contributed by atoms with Gasteiger partial charge in [0.15, 0.2) is 0 Å². The largest absolute Gasteiger partial charge is 0.496 e. The van der Waals surface area contributed by atoms with Gasteiger partial charge >= 0.3 is 19.3 Å². The van der Waals surface area contributed by atoms with Gasteiger partial charge in [0.05, 0.1) is 24.8 Å². The van der Waals surface area contributed by atoms with Crippen molar-refractivity contribution in [1.29, 1.82) is 0 Å². The molecule has 1 aromatic rings. The standard InChI is InChI=1S/C25H33BF3NO6/c1-23(2)15-12-17(23)24(3)18(13-15)35-26(36-24)19(30-20(31)9-6-10-25(27,28)29)11-14-7-5-8-16(22(32)33)21(14)34-4/h5,7-8,15,17-19H,6,9-13H2,1-4H3,(H,30,31)(H,32,33)/t15-,17-,18+,19?,24-/m0/s1. The van der Waals surface area contributed by atoms with Crippen molar-refractivity contribution < 1.29 is 41.9 Å². The highest BCUT2D eigenvalue weighted by Gasteiger charge is 2.68. The maximum atomic E-state index is 12.7. The average Bonchev–Trinajstić information content (AvgIpc) is 3.14. The molecule has 0 spiro atoms. The number of alkyl halides is 3. The zero-order chi connectivity index (χ0) is 26.5. The number of methoxy groups -OCH3 is 1. The van der Waals surface area contributed by atoms with Crippen molar-refractivity contribution in [2.45, 2.75) is 83.1 Å². The first-order valence-corrected chi connectivity index (χ1v) is 12.3. The van der Waals surface area contributed by atoms with Crippen molar-refractivity contribution in [3.63, 3.8) is 0 Å². The third-order valence-corrected chi connectivity index (χ3v) is 8.48. The molecule has 1 saturated heterocycles. The molecule has 198 valence electrons. The molecule has 0 aromatic heterocycles. The van der Waals surface area contributed by atoms with E-state index in [-0.39, 0.29) is 48.0 Å². The monoisotopic (exact) mass is 511 g/mol. The molecule has 3 aliphatic carbocycles. The molecular weight excluding hydrogens is 478 g/mol. The van der Waals surface area contributed by atoms with Crippen LogP contribution in [0.25, 0.3) is 0 Å². The Morgan fingerprint density at radius 1 is 1.28 bits per heavy atom. The summed E-state index contributed by atoms with van der Waals surface area (Å²) in [5.41, 5.74) is 0.0604. The van der Waals surface area contributed by atoms with Crippen LogP contribution >= 0.6 is 0 Å². The predicted octanol–water partition coefficient (Wildman–Crippen LogP) is 4.42. The Bertz CT molecular complexity index is 1020. The van der Waals surface area contributed by atoms with Crippen LogP contribution in [0.2, 0.25) is 0 Å². The summed E-state index contributed by atoms with van der Waals surface area (Å²) >= 11 is 0. The summed E-state index contributed by atoms with van der Waals surface area (Å²) < 4.78 is 55.9. The van der Waals surface area contributed by atoms with E-state index in [0.717, 1.165) is 12.8 Å². The average molecular weight is 511 g/mol. The van der Waals surface area contributed by atoms with Gasteiger partial charge in [0.25, 0.3) is 0 Å². The van der Waals surface area contributed by atoms with Gasteiger partial charge in [-0.15, -0.1) is 0 Å². The van der Waals surface area contributed by atoms with E-state index >= 15 is 0 Å². The molecule has 1 aromatic carbocycles. The van der Waals surface area contributed by atoms with Gasteiger partial charge in [-0.1, -0.05) is 26.0 Å². The van der Waals surface area contributed by atoms with E-state index in [9.17, 15) is 27.9 Å². The Balaban J connectivity index is 1.56. The molecule has 7 nitrogen and oxygen atoms in total. The number of rotatable bonds is 9. The van der Waals surface area contributed by atoms with E-state index in [2.05, 4.69) is 19.2 Å². The number of aromatic carboxylic acids is 1. The lowest BCUT2D eigenvalue weighted by Gasteiger charge is -2.64. The molecule has 1 aliphatic heterocycles. The Kier molecular flexibility index (Phi) is 7.11. The van der Waals surface area contributed by atoms with Gasteiger partial charge in [-0.3, -0.25) is 4.79 Å². The first kappa shape index (κ1) is 26.8. The van der Waals surface area contributed by atoms with E-state index in [4.69, 9.17) is 14.0 Å². The van der Waals surface area contributed by atoms with Crippen LogP contribution in [-0.4, -0.2) is 55.0 Å². The van der Waals surface area contributed by atoms with Crippen molar-refractivity contribution in [3.8, 4) is 5.75 Å². The van der Waals surface area contributed by atoms with E-state index in [1.54, 1.807) is 12.1 Å². The molecule has 1 amide bonds. The molecule has 3 saturated carbocycles. The van der Waals surface area contributed by atoms with Crippen molar-refractivity contribution in [2.24, 2.45) is 17.3 Å². The Morgan fingerprint density at radius 2 is 2.00 bits per heavy atom. The molecule has 5 rings (SSSR count). The number of hydrogen-bond acceptors (Lipinski definition) is 5. The first-order valence-electron chi connectivity index (χ1n) is 12.3. The normalized spacial score (nSPS) is 29.2. The number of carboxylic acid groups (broad SMARTS) is 1. The summed E-state index contributed by atoms with van der Waals surface area (Å²) in [7, 11) is 0.531. The summed E-state index contributed by atoms with van der Waals surface area (Å²) in [5, 5.41) is 12.4. The molecule has 0 radical (unpaired) electrons. The summed E-state index contributed by atoms with van der Waals surface area (Å²) in [6.07, 6.45) is -4.16. The summed E-state index contributed by atoms with van der Waals surface area (Å²) in [4.78, 5) is 24.3. The second-order valence-electron chi connectivity index (χ2n) is 11.0. The number of carbonyl (C=O) groups is 2. The lowest BCUT2D eigenvalue weighted by Crippen LogP contribution is -2.65. The fourth-order valence-corrected chi connectivity index (χ4v) is 6.41. The van der Waals surface area contributed by atoms with Crippen LogP contribution in [0.15, 0.2) is 18.2 Å². The molecular formula is C25H33BF3NO6. The third kappa shape index (κ3) is 4.96. The Hall–Kier alpha value is -2.27. The number of nitrogens with one attached hydrogen (secondary N) is 1. The first-order chi connectivity index (χ1) is 16.8. The van der Waals surface area contributed by atoms with Crippen LogP contribution in [0.3, 0.4) is 0 Å². The summed E-state index contributed by atoms with van der Waals surface area (Å²) in [6, 6.07) is 4.69. The van der Waals surface area contributed by atoms with Crippen LogP contribution < -0.4 is 10.1 Å². The minimum absolute atomic E-state index is 0.0262. The minimum atomic E-state index is -4.33. The summed E-state index contributed by atoms with van der Waals surface area (Å²) in [5.74, 6) is -1.49. The smallest absolute Gasteiger partial charge is 0.482 e. The minimum Gasteiger partial charge on any atom is -0.496 e. The van der Waals surface area contributed by atoms with Crippen LogP contribution in [0.1, 0.15) is 68.8 Å². The zero-order valence-corrected chi connectivity index (χ0v) is 21.0. The van der Waals surface area contributed by atoms with Crippen molar-refractivity contribution in [2.75, 3.05) is 7.11 Å². The maximum absolute atomic E-state index is 12.7. The number of ether oxygens (including phenoxy) is 1. The van der Waals surface area contributed by atoms with Gasteiger partial charge in [-0.25, -0.2) is 4.79 Å². The zero-order valence-electron chi connectivity index (χ0n) is 21.0. The lowest BCUT2D eigenvalue weighted by molar-refractivity contribution is -0.199. The van der Waals surface area contributed by atoms with Crippen molar-refractivity contribution in [3.05, 3.63) is 29.3 Å². The predicted molar refractivity (Wildman–Crippen MR) is 126 cm³/mol. The molecule has 36 heavy (non-hydrogen) atoms. The van der Waals surface area contributed by atoms with E-state index in [1.165, 1.54) is 13.2 Å². The highest BCUT2D eigenvalue weighted by molar-refractivity contribution is 6.48. The molecule has 1 heterocycles. The second-order valence-corrected chi connectivity index (χ2v) is 11.0. The fraction of sp³-hybridized carbons (Fsp3) is 0.680. The highest BCUT2D eigenvalue weighted by Crippen LogP contribution is 2.65. The molecule has 4 fully saturated rings. The van der Waals surface area contributed by atoms with Crippen LogP contribution in [0.5, 0.6) is 5.75 Å². The van der Waals surface area contributed by atoms with Gasteiger partial charge in [0, 0.05) is 12.8 Å². The maximum Gasteiger partial charge on any atom is 0.482 e. The number of carbonyl (C=O) groups excluding carboxylic acids is 1. The van der Waals surface area contributed by atoms with Gasteiger partial charge in [-0.05, 0) is 61.5 Å². The van der Waals surface area contributed by atoms with Crippen molar-refractivity contribution >= 4 is 19.0 Å². The van der Waals surface area contributed by atoms with Crippen LogP contribution in [0.4, 0.5) is 13.2 Å². The number of halogens is 3. The van der Waals surface area contributed by atoms with Gasteiger partial charge < -0.3 is 24.5 Å². The van der Waals surface area contributed by atoms with Gasteiger partial charge in [-0.2, -0.15) is 13.2 Å². The second kappa shape index (κ2) is 9.56. The number of hydrogen-bond donors (Lipinski definition) is 2. The SMILES string of the molecule is COc1c(CC(NC(=O)CCCC(F)(F)F)B2O[C@@H]3C[C@@H]4C[C@@H](C4(C)C)[C@]3(C)O2)cccc1C(=O)O. The van der Waals surface area contributed by atoms with Gasteiger partial charge in [0.2, 0.25) is 5.91 Å². The van der Waals surface area contributed by atoms with E-state index in [0.29, 0.717) is 11.5 Å². The molecule has 4 aliphatic rings. The Morgan fingerprint density at radius 3 is 2.61 bits per heavy atom. The molecule has 1 unspecified atom stereocenters. The molecule has 2 N–H and O–H groups in total. The molecule has 11 heteroatoms. The lowest BCUT2D eigenvalue weighted by atomic mass is 9.43. The molecule has 5 atom stereocenters. The van der Waals surface area contributed by atoms with Gasteiger partial charge in [0.1, 0.15) is 11.3 Å². The Labute approximate surface area is 209 Å². The van der Waals surface area contributed by atoms with Crippen LogP contribution in [-0.2, 0) is 20.5 Å². The third-order valence-electron chi connectivity index (χ3n) is 8.48. The number of amides is 1. The van der Waals surface area contributed by atoms with Crippen LogP contribution in [0, 0.1) is 17.3 Å². The van der Waals surface area contributed by atoms with E-state index in [1.807, 2.05) is 6.92 Å².